The molecule has 1 aromatic carbocycles. The highest BCUT2D eigenvalue weighted by Crippen LogP contribution is 2.27. The zero-order valence-corrected chi connectivity index (χ0v) is 8.02. The number of hydrogen-bond donors (Lipinski definition) is 2. The van der Waals surface area contributed by atoms with Crippen LogP contribution in [0.2, 0.25) is 0 Å². The standard InChI is InChI=1S/C10H15FN2/c1-3-6-7(4-2)10(13)9(12)5-8(6)11/h5H,3-4,12-13H2,1-2H3. The summed E-state index contributed by atoms with van der Waals surface area (Å²) in [5.74, 6) is -0.244. The molecule has 0 saturated heterocycles. The second kappa shape index (κ2) is 3.64. The zero-order chi connectivity index (χ0) is 10.0. The molecule has 1 aromatic rings. The van der Waals surface area contributed by atoms with Crippen molar-refractivity contribution in [2.45, 2.75) is 26.7 Å². The first-order valence-electron chi connectivity index (χ1n) is 4.47. The van der Waals surface area contributed by atoms with E-state index in [2.05, 4.69) is 0 Å². The molecule has 0 saturated carbocycles. The van der Waals surface area contributed by atoms with Crippen molar-refractivity contribution in [3.63, 3.8) is 0 Å². The Morgan fingerprint density at radius 3 is 2.15 bits per heavy atom. The number of anilines is 2. The Morgan fingerprint density at radius 2 is 1.69 bits per heavy atom. The van der Waals surface area contributed by atoms with Crippen LogP contribution >= 0.6 is 0 Å². The first kappa shape index (κ1) is 9.84. The third-order valence-corrected chi connectivity index (χ3v) is 2.28. The Balaban J connectivity index is 3.41. The van der Waals surface area contributed by atoms with Crippen LogP contribution < -0.4 is 11.5 Å². The lowest BCUT2D eigenvalue weighted by Gasteiger charge is -2.12. The molecule has 0 aliphatic carbocycles. The van der Waals surface area contributed by atoms with E-state index < -0.39 is 0 Å². The van der Waals surface area contributed by atoms with Gasteiger partial charge in [-0.2, -0.15) is 0 Å². The fourth-order valence-electron chi connectivity index (χ4n) is 1.57. The summed E-state index contributed by atoms with van der Waals surface area (Å²) in [5.41, 5.74) is 13.7. The van der Waals surface area contributed by atoms with E-state index in [0.717, 1.165) is 12.0 Å². The number of halogens is 1. The first-order valence-corrected chi connectivity index (χ1v) is 4.47. The highest BCUT2D eigenvalue weighted by molar-refractivity contribution is 5.69. The van der Waals surface area contributed by atoms with Crippen LogP contribution in [0, 0.1) is 5.82 Å². The van der Waals surface area contributed by atoms with Crippen molar-refractivity contribution in [2.75, 3.05) is 11.5 Å². The molecule has 1 rings (SSSR count). The Morgan fingerprint density at radius 1 is 1.15 bits per heavy atom. The van der Waals surface area contributed by atoms with Crippen molar-refractivity contribution in [1.82, 2.24) is 0 Å². The molecule has 0 aliphatic heterocycles. The Labute approximate surface area is 77.7 Å². The van der Waals surface area contributed by atoms with Gasteiger partial charge in [0.2, 0.25) is 0 Å². The van der Waals surface area contributed by atoms with E-state index in [1.165, 1.54) is 6.07 Å². The number of nitrogens with two attached hydrogens (primary N) is 2. The molecular weight excluding hydrogens is 167 g/mol. The van der Waals surface area contributed by atoms with Crippen LogP contribution in [0.15, 0.2) is 6.07 Å². The molecule has 0 amide bonds. The zero-order valence-electron chi connectivity index (χ0n) is 8.02. The molecule has 0 aliphatic rings. The minimum absolute atomic E-state index is 0.244. The van der Waals surface area contributed by atoms with E-state index in [1.54, 1.807) is 0 Å². The fourth-order valence-corrected chi connectivity index (χ4v) is 1.57. The van der Waals surface area contributed by atoms with Crippen LogP contribution in [-0.2, 0) is 12.8 Å². The summed E-state index contributed by atoms with van der Waals surface area (Å²) in [6.45, 7) is 3.86. The molecule has 0 fully saturated rings. The summed E-state index contributed by atoms with van der Waals surface area (Å²) < 4.78 is 13.3. The van der Waals surface area contributed by atoms with Crippen LogP contribution in [0.25, 0.3) is 0 Å². The molecule has 0 atom stereocenters. The van der Waals surface area contributed by atoms with Gasteiger partial charge in [0.15, 0.2) is 0 Å². The van der Waals surface area contributed by atoms with E-state index >= 15 is 0 Å². The molecule has 4 N–H and O–H groups in total. The molecule has 72 valence electrons. The molecule has 0 radical (unpaired) electrons. The fraction of sp³-hybridized carbons (Fsp3) is 0.400. The van der Waals surface area contributed by atoms with Crippen LogP contribution in [0.5, 0.6) is 0 Å². The Bertz CT molecular complexity index is 321. The highest BCUT2D eigenvalue weighted by atomic mass is 19.1. The number of hydrogen-bond acceptors (Lipinski definition) is 2. The molecule has 2 nitrogen and oxygen atoms in total. The molecule has 0 heterocycles. The summed E-state index contributed by atoms with van der Waals surface area (Å²) >= 11 is 0. The number of nitrogen functional groups attached to an aromatic ring is 2. The Hall–Kier alpha value is -1.25. The van der Waals surface area contributed by atoms with Gasteiger partial charge in [-0.3, -0.25) is 0 Å². The normalized spacial score (nSPS) is 10.4. The van der Waals surface area contributed by atoms with Gasteiger partial charge in [-0.1, -0.05) is 13.8 Å². The SMILES string of the molecule is CCc1c(F)cc(N)c(N)c1CC. The number of rotatable bonds is 2. The maximum Gasteiger partial charge on any atom is 0.128 e. The van der Waals surface area contributed by atoms with Crippen LogP contribution in [0.1, 0.15) is 25.0 Å². The lowest BCUT2D eigenvalue weighted by molar-refractivity contribution is 0.610. The van der Waals surface area contributed by atoms with Crippen molar-refractivity contribution in [2.24, 2.45) is 0 Å². The van der Waals surface area contributed by atoms with Gasteiger partial charge >= 0.3 is 0 Å². The van der Waals surface area contributed by atoms with Crippen molar-refractivity contribution in [3.05, 3.63) is 23.0 Å². The minimum Gasteiger partial charge on any atom is -0.397 e. The molecule has 0 aromatic heterocycles. The van der Waals surface area contributed by atoms with Gasteiger partial charge in [0.25, 0.3) is 0 Å². The monoisotopic (exact) mass is 182 g/mol. The van der Waals surface area contributed by atoms with Crippen LogP contribution in [-0.4, -0.2) is 0 Å². The van der Waals surface area contributed by atoms with Gasteiger partial charge in [0.05, 0.1) is 11.4 Å². The smallest absolute Gasteiger partial charge is 0.128 e. The predicted octanol–water partition coefficient (Wildman–Crippen LogP) is 2.11. The molecule has 0 spiro atoms. The summed E-state index contributed by atoms with van der Waals surface area (Å²) in [5, 5.41) is 0. The van der Waals surface area contributed by atoms with Gasteiger partial charge in [-0.05, 0) is 30.0 Å². The summed E-state index contributed by atoms with van der Waals surface area (Å²) in [4.78, 5) is 0. The van der Waals surface area contributed by atoms with Crippen molar-refractivity contribution in [1.29, 1.82) is 0 Å². The quantitative estimate of drug-likeness (QED) is 0.688. The third-order valence-electron chi connectivity index (χ3n) is 2.28. The molecule has 13 heavy (non-hydrogen) atoms. The third kappa shape index (κ3) is 1.59. The van der Waals surface area contributed by atoms with E-state index in [-0.39, 0.29) is 5.82 Å². The second-order valence-electron chi connectivity index (χ2n) is 3.03. The number of benzene rings is 1. The summed E-state index contributed by atoms with van der Waals surface area (Å²) in [6, 6.07) is 1.30. The van der Waals surface area contributed by atoms with Gasteiger partial charge in [0.1, 0.15) is 5.82 Å². The lowest BCUT2D eigenvalue weighted by Crippen LogP contribution is -2.05. The van der Waals surface area contributed by atoms with E-state index in [0.29, 0.717) is 23.4 Å². The second-order valence-corrected chi connectivity index (χ2v) is 3.03. The summed E-state index contributed by atoms with van der Waals surface area (Å²) in [7, 11) is 0. The average molecular weight is 182 g/mol. The van der Waals surface area contributed by atoms with Crippen LogP contribution in [0.3, 0.4) is 0 Å². The van der Waals surface area contributed by atoms with Gasteiger partial charge in [0, 0.05) is 0 Å². The van der Waals surface area contributed by atoms with Crippen molar-refractivity contribution in [3.8, 4) is 0 Å². The average Bonchev–Trinajstić information content (AvgIpc) is 2.10. The molecular formula is C10H15FN2. The molecule has 3 heteroatoms. The first-order chi connectivity index (χ1) is 6.11. The Kier molecular flexibility index (Phi) is 2.76. The topological polar surface area (TPSA) is 52.0 Å². The predicted molar refractivity (Wildman–Crippen MR) is 54.0 cm³/mol. The summed E-state index contributed by atoms with van der Waals surface area (Å²) in [6.07, 6.45) is 1.37. The maximum absolute atomic E-state index is 13.3. The lowest BCUT2D eigenvalue weighted by atomic mass is 9.99. The van der Waals surface area contributed by atoms with E-state index in [9.17, 15) is 4.39 Å². The largest absolute Gasteiger partial charge is 0.397 e. The minimum atomic E-state index is -0.244. The molecule has 0 unspecified atom stereocenters. The van der Waals surface area contributed by atoms with Crippen molar-refractivity contribution >= 4 is 11.4 Å². The van der Waals surface area contributed by atoms with Crippen molar-refractivity contribution < 1.29 is 4.39 Å². The molecule has 0 bridgehead atoms. The van der Waals surface area contributed by atoms with Gasteiger partial charge in [-0.25, -0.2) is 4.39 Å². The maximum atomic E-state index is 13.3. The van der Waals surface area contributed by atoms with Gasteiger partial charge < -0.3 is 11.5 Å². The van der Waals surface area contributed by atoms with Gasteiger partial charge in [-0.15, -0.1) is 0 Å². The van der Waals surface area contributed by atoms with Crippen LogP contribution in [0.4, 0.5) is 15.8 Å². The van der Waals surface area contributed by atoms with E-state index in [1.807, 2.05) is 13.8 Å². The highest BCUT2D eigenvalue weighted by Gasteiger charge is 2.11. The van der Waals surface area contributed by atoms with E-state index in [4.69, 9.17) is 11.5 Å².